The minimum Gasteiger partial charge on any atom is -0.493 e. The number of ether oxygens (including phenoxy) is 2. The predicted molar refractivity (Wildman–Crippen MR) is 111 cm³/mol. The molecule has 29 heavy (non-hydrogen) atoms. The first-order valence-electron chi connectivity index (χ1n) is 9.47. The van der Waals surface area contributed by atoms with Gasteiger partial charge in [0.1, 0.15) is 24.4 Å². The van der Waals surface area contributed by atoms with Crippen LogP contribution in [0.3, 0.4) is 0 Å². The monoisotopic (exact) mass is 399 g/mol. The molecule has 1 aromatic carbocycles. The number of pyridine rings is 1. The van der Waals surface area contributed by atoms with Crippen LogP contribution in [0.25, 0.3) is 6.08 Å². The lowest BCUT2D eigenvalue weighted by atomic mass is 10.2. The Morgan fingerprint density at radius 2 is 2.07 bits per heavy atom. The Bertz CT molecular complexity index is 836. The molecule has 8 heteroatoms. The van der Waals surface area contributed by atoms with E-state index in [2.05, 4.69) is 10.3 Å². The van der Waals surface area contributed by atoms with Crippen LogP contribution in [0.5, 0.6) is 5.75 Å². The maximum atomic E-state index is 12.1. The summed E-state index contributed by atoms with van der Waals surface area (Å²) in [4.78, 5) is 26.2. The number of anilines is 1. The maximum absolute atomic E-state index is 12.1. The summed E-state index contributed by atoms with van der Waals surface area (Å²) < 4.78 is 11.0. The third-order valence-corrected chi connectivity index (χ3v) is 4.01. The van der Waals surface area contributed by atoms with E-state index < -0.39 is 10.9 Å². The van der Waals surface area contributed by atoms with Gasteiger partial charge in [-0.3, -0.25) is 10.1 Å². The van der Waals surface area contributed by atoms with Gasteiger partial charge in [-0.25, -0.2) is 9.78 Å². The average molecular weight is 399 g/mol. The molecule has 0 saturated heterocycles. The number of para-hydroxylation sites is 1. The van der Waals surface area contributed by atoms with E-state index in [1.54, 1.807) is 6.08 Å². The quantitative estimate of drug-likeness (QED) is 0.261. The number of hydrogen-bond acceptors (Lipinski definition) is 7. The maximum Gasteiger partial charge on any atom is 0.330 e. The highest BCUT2D eigenvalue weighted by molar-refractivity contribution is 5.87. The summed E-state index contributed by atoms with van der Waals surface area (Å²) in [7, 11) is 0. The van der Waals surface area contributed by atoms with Gasteiger partial charge in [0.15, 0.2) is 0 Å². The van der Waals surface area contributed by atoms with Gasteiger partial charge in [0.05, 0.1) is 17.6 Å². The summed E-state index contributed by atoms with van der Waals surface area (Å²) in [5, 5.41) is 13.8. The number of esters is 1. The van der Waals surface area contributed by atoms with Crippen LogP contribution < -0.4 is 10.1 Å². The van der Waals surface area contributed by atoms with Gasteiger partial charge in [0.2, 0.25) is 0 Å². The number of benzene rings is 1. The third kappa shape index (κ3) is 7.25. The summed E-state index contributed by atoms with van der Waals surface area (Å²) in [5.41, 5.74) is 0.724. The summed E-state index contributed by atoms with van der Waals surface area (Å²) in [6.45, 7) is 4.72. The molecule has 0 radical (unpaired) electrons. The molecular weight excluding hydrogens is 374 g/mol. The van der Waals surface area contributed by atoms with Gasteiger partial charge in [-0.15, -0.1) is 0 Å². The molecule has 1 aromatic heterocycles. The Labute approximate surface area is 169 Å². The van der Waals surface area contributed by atoms with Crippen molar-refractivity contribution in [2.75, 3.05) is 18.5 Å². The van der Waals surface area contributed by atoms with Gasteiger partial charge in [-0.05, 0) is 31.1 Å². The Balaban J connectivity index is 1.88. The number of aromatic nitrogens is 1. The average Bonchev–Trinajstić information content (AvgIpc) is 2.74. The van der Waals surface area contributed by atoms with Gasteiger partial charge in [0.25, 0.3) is 5.69 Å². The fraction of sp³-hybridized carbons (Fsp3) is 0.333. The van der Waals surface area contributed by atoms with Crippen LogP contribution in [-0.4, -0.2) is 35.1 Å². The fourth-order valence-electron chi connectivity index (χ4n) is 2.40. The highest BCUT2D eigenvalue weighted by Crippen LogP contribution is 2.19. The topological polar surface area (TPSA) is 104 Å². The van der Waals surface area contributed by atoms with E-state index >= 15 is 0 Å². The molecule has 1 heterocycles. The van der Waals surface area contributed by atoms with E-state index in [9.17, 15) is 14.9 Å². The summed E-state index contributed by atoms with van der Waals surface area (Å²) >= 11 is 0. The second-order valence-corrected chi connectivity index (χ2v) is 6.26. The highest BCUT2D eigenvalue weighted by atomic mass is 16.6. The number of nitrogens with one attached hydrogen (secondary N) is 1. The largest absolute Gasteiger partial charge is 0.493 e. The molecule has 2 rings (SSSR count). The van der Waals surface area contributed by atoms with E-state index in [0.29, 0.717) is 18.8 Å². The molecule has 2 aromatic rings. The molecule has 0 aliphatic carbocycles. The van der Waals surface area contributed by atoms with Crippen molar-refractivity contribution >= 4 is 23.6 Å². The number of rotatable bonds is 11. The van der Waals surface area contributed by atoms with Crippen LogP contribution in [-0.2, 0) is 9.53 Å². The fourth-order valence-corrected chi connectivity index (χ4v) is 2.40. The summed E-state index contributed by atoms with van der Waals surface area (Å²) in [6.07, 6.45) is 5.80. The SMILES string of the molecule is CCCOc1ccccc1/C=C/C(=O)OCC(CC)Nc1ccc([N+](=O)[O-])cn1. The molecule has 1 atom stereocenters. The number of hydrogen-bond donors (Lipinski definition) is 1. The standard InChI is InChI=1S/C21H25N3O5/c1-3-13-28-19-8-6-5-7-16(19)9-12-21(25)29-15-17(4-2)23-20-11-10-18(14-22-20)24(26)27/h5-12,14,17H,3-4,13,15H2,1-2H3,(H,22,23)/b12-9+. The van der Waals surface area contributed by atoms with E-state index in [1.165, 1.54) is 24.4 Å². The van der Waals surface area contributed by atoms with Crippen molar-refractivity contribution in [3.63, 3.8) is 0 Å². The lowest BCUT2D eigenvalue weighted by Gasteiger charge is -2.17. The molecule has 0 spiro atoms. The van der Waals surface area contributed by atoms with Crippen LogP contribution in [0.2, 0.25) is 0 Å². The number of carbonyl (C=O) groups is 1. The predicted octanol–water partition coefficient (Wildman–Crippen LogP) is 4.23. The van der Waals surface area contributed by atoms with E-state index in [0.717, 1.165) is 17.7 Å². The Hall–Kier alpha value is -3.42. The van der Waals surface area contributed by atoms with Gasteiger partial charge in [-0.2, -0.15) is 0 Å². The van der Waals surface area contributed by atoms with Crippen molar-refractivity contribution in [2.24, 2.45) is 0 Å². The molecule has 154 valence electrons. The first-order chi connectivity index (χ1) is 14.0. The van der Waals surface area contributed by atoms with Crippen molar-refractivity contribution in [1.82, 2.24) is 4.98 Å². The smallest absolute Gasteiger partial charge is 0.330 e. The second kappa shape index (κ2) is 11.4. The van der Waals surface area contributed by atoms with Crippen molar-refractivity contribution < 1.29 is 19.2 Å². The van der Waals surface area contributed by atoms with Gasteiger partial charge < -0.3 is 14.8 Å². The van der Waals surface area contributed by atoms with Gasteiger partial charge in [0, 0.05) is 17.7 Å². The summed E-state index contributed by atoms with van der Waals surface area (Å²) in [6, 6.07) is 10.2. The van der Waals surface area contributed by atoms with Gasteiger partial charge >= 0.3 is 5.97 Å². The van der Waals surface area contributed by atoms with Crippen molar-refractivity contribution in [2.45, 2.75) is 32.7 Å². The van der Waals surface area contributed by atoms with Crippen molar-refractivity contribution in [1.29, 1.82) is 0 Å². The molecular formula is C21H25N3O5. The van der Waals surface area contributed by atoms with Crippen LogP contribution in [0, 0.1) is 10.1 Å². The van der Waals surface area contributed by atoms with Crippen LogP contribution in [0.15, 0.2) is 48.7 Å². The first-order valence-corrected chi connectivity index (χ1v) is 9.47. The molecule has 1 unspecified atom stereocenters. The zero-order valence-electron chi connectivity index (χ0n) is 16.5. The van der Waals surface area contributed by atoms with Crippen molar-refractivity contribution in [3.8, 4) is 5.75 Å². The van der Waals surface area contributed by atoms with Crippen LogP contribution in [0.1, 0.15) is 32.3 Å². The zero-order chi connectivity index (χ0) is 21.1. The normalized spacial score (nSPS) is 11.8. The van der Waals surface area contributed by atoms with E-state index in [-0.39, 0.29) is 18.3 Å². The Morgan fingerprint density at radius 3 is 2.72 bits per heavy atom. The molecule has 0 aliphatic rings. The van der Waals surface area contributed by atoms with Crippen molar-refractivity contribution in [3.05, 3.63) is 64.3 Å². The molecule has 1 N–H and O–H groups in total. The van der Waals surface area contributed by atoms with E-state index in [1.807, 2.05) is 38.1 Å². The van der Waals surface area contributed by atoms with Crippen LogP contribution in [0.4, 0.5) is 11.5 Å². The molecule has 0 amide bonds. The highest BCUT2D eigenvalue weighted by Gasteiger charge is 2.11. The molecule has 8 nitrogen and oxygen atoms in total. The zero-order valence-corrected chi connectivity index (χ0v) is 16.5. The number of carbonyl (C=O) groups excluding carboxylic acids is 1. The first kappa shape index (κ1) is 21.9. The minimum absolute atomic E-state index is 0.0802. The molecule has 0 fully saturated rings. The van der Waals surface area contributed by atoms with Crippen LogP contribution >= 0.6 is 0 Å². The molecule has 0 saturated carbocycles. The third-order valence-electron chi connectivity index (χ3n) is 4.01. The number of nitro groups is 1. The molecule has 0 aliphatic heterocycles. The van der Waals surface area contributed by atoms with Gasteiger partial charge in [-0.1, -0.05) is 32.0 Å². The lowest BCUT2D eigenvalue weighted by molar-refractivity contribution is -0.385. The second-order valence-electron chi connectivity index (χ2n) is 6.26. The molecule has 0 bridgehead atoms. The Morgan fingerprint density at radius 1 is 1.28 bits per heavy atom. The van der Waals surface area contributed by atoms with E-state index in [4.69, 9.17) is 9.47 Å². The summed E-state index contributed by atoms with van der Waals surface area (Å²) in [5.74, 6) is 0.735. The number of nitrogens with zero attached hydrogens (tertiary/aromatic N) is 2. The Kier molecular flexibility index (Phi) is 8.62. The minimum atomic E-state index is -0.506. The lowest BCUT2D eigenvalue weighted by Crippen LogP contribution is -2.26.